The fourth-order valence-electron chi connectivity index (χ4n) is 2.05. The monoisotopic (exact) mass is 303 g/mol. The highest BCUT2D eigenvalue weighted by Gasteiger charge is 2.10. The highest BCUT2D eigenvalue weighted by molar-refractivity contribution is 5.94. The fraction of sp³-hybridized carbons (Fsp3) is 0.235. The predicted molar refractivity (Wildman–Crippen MR) is 82.0 cm³/mol. The van der Waals surface area contributed by atoms with Crippen LogP contribution in [-0.4, -0.2) is 26.7 Å². The fourth-order valence-corrected chi connectivity index (χ4v) is 2.05. The molecule has 22 heavy (non-hydrogen) atoms. The molecule has 0 aliphatic rings. The van der Waals surface area contributed by atoms with Gasteiger partial charge in [-0.15, -0.1) is 0 Å². The van der Waals surface area contributed by atoms with E-state index < -0.39 is 0 Å². The molecule has 0 aliphatic heterocycles. The number of benzene rings is 2. The zero-order valence-electron chi connectivity index (χ0n) is 12.6. The predicted octanol–water partition coefficient (Wildman–Crippen LogP) is 2.82. The number of nitrogens with one attached hydrogen (secondary N) is 1. The number of halogens is 1. The number of hydrogen-bond acceptors (Lipinski definition) is 3. The number of amides is 1. The van der Waals surface area contributed by atoms with E-state index >= 15 is 0 Å². The van der Waals surface area contributed by atoms with Gasteiger partial charge in [0.2, 0.25) is 0 Å². The molecule has 0 bridgehead atoms. The minimum absolute atomic E-state index is 0.192. The van der Waals surface area contributed by atoms with E-state index in [4.69, 9.17) is 9.47 Å². The third-order valence-corrected chi connectivity index (χ3v) is 3.26. The number of carbonyl (C=O) groups is 1. The Balaban J connectivity index is 1.93. The van der Waals surface area contributed by atoms with Crippen molar-refractivity contribution in [3.63, 3.8) is 0 Å². The van der Waals surface area contributed by atoms with Crippen molar-refractivity contribution in [2.24, 2.45) is 0 Å². The van der Waals surface area contributed by atoms with Crippen LogP contribution in [0.3, 0.4) is 0 Å². The molecule has 4 nitrogen and oxygen atoms in total. The summed E-state index contributed by atoms with van der Waals surface area (Å²) in [5.74, 6) is 0.625. The molecule has 1 amide bonds. The van der Waals surface area contributed by atoms with E-state index in [0.717, 1.165) is 5.56 Å². The Morgan fingerprint density at radius 2 is 1.73 bits per heavy atom. The van der Waals surface area contributed by atoms with Crippen molar-refractivity contribution in [3.05, 3.63) is 59.4 Å². The molecule has 0 radical (unpaired) electrons. The van der Waals surface area contributed by atoms with Gasteiger partial charge < -0.3 is 14.8 Å². The van der Waals surface area contributed by atoms with Gasteiger partial charge in [0.05, 0.1) is 14.2 Å². The maximum atomic E-state index is 12.8. The van der Waals surface area contributed by atoms with Crippen molar-refractivity contribution < 1.29 is 18.7 Å². The van der Waals surface area contributed by atoms with Crippen molar-refractivity contribution in [2.75, 3.05) is 20.8 Å². The smallest absolute Gasteiger partial charge is 0.251 e. The second-order valence-electron chi connectivity index (χ2n) is 4.70. The Morgan fingerprint density at radius 3 is 2.36 bits per heavy atom. The summed E-state index contributed by atoms with van der Waals surface area (Å²) in [6, 6.07) is 11.2. The minimum Gasteiger partial charge on any atom is -0.493 e. The Kier molecular flexibility index (Phi) is 5.36. The summed E-state index contributed by atoms with van der Waals surface area (Å²) < 4.78 is 23.1. The lowest BCUT2D eigenvalue weighted by Gasteiger charge is -2.10. The first kappa shape index (κ1) is 15.8. The van der Waals surface area contributed by atoms with E-state index in [1.165, 1.54) is 19.2 Å². The first-order valence-corrected chi connectivity index (χ1v) is 6.88. The highest BCUT2D eigenvalue weighted by Crippen LogP contribution is 2.27. The SMILES string of the molecule is COc1ccc(C(=O)NCCc2ccc(F)cc2)cc1OC. The molecule has 0 aliphatic carbocycles. The second kappa shape index (κ2) is 7.45. The molecule has 2 rings (SSSR count). The quantitative estimate of drug-likeness (QED) is 0.892. The van der Waals surface area contributed by atoms with Crippen LogP contribution in [-0.2, 0) is 6.42 Å². The van der Waals surface area contributed by atoms with Crippen molar-refractivity contribution in [3.8, 4) is 11.5 Å². The van der Waals surface area contributed by atoms with Crippen LogP contribution in [0.15, 0.2) is 42.5 Å². The summed E-state index contributed by atoms with van der Waals surface area (Å²) in [5.41, 5.74) is 1.46. The van der Waals surface area contributed by atoms with Crippen molar-refractivity contribution >= 4 is 5.91 Å². The van der Waals surface area contributed by atoms with Crippen LogP contribution in [0.25, 0.3) is 0 Å². The average molecular weight is 303 g/mol. The number of carbonyl (C=O) groups excluding carboxylic acids is 1. The van der Waals surface area contributed by atoms with Crippen LogP contribution in [0.4, 0.5) is 4.39 Å². The molecule has 2 aromatic rings. The van der Waals surface area contributed by atoms with Gasteiger partial charge in [-0.05, 0) is 42.3 Å². The summed E-state index contributed by atoms with van der Waals surface area (Å²) in [7, 11) is 3.06. The Labute approximate surface area is 128 Å². The van der Waals surface area contributed by atoms with Crippen molar-refractivity contribution in [1.29, 1.82) is 0 Å². The third kappa shape index (κ3) is 3.97. The summed E-state index contributed by atoms with van der Waals surface area (Å²) >= 11 is 0. The molecule has 0 saturated carbocycles. The highest BCUT2D eigenvalue weighted by atomic mass is 19.1. The van der Waals surface area contributed by atoms with Crippen LogP contribution >= 0.6 is 0 Å². The van der Waals surface area contributed by atoms with Gasteiger partial charge in [-0.1, -0.05) is 12.1 Å². The molecule has 0 aromatic heterocycles. The molecular formula is C17H18FNO3. The maximum Gasteiger partial charge on any atom is 0.251 e. The summed E-state index contributed by atoms with van der Waals surface area (Å²) in [4.78, 5) is 12.1. The van der Waals surface area contributed by atoms with Crippen molar-refractivity contribution in [1.82, 2.24) is 5.32 Å². The van der Waals surface area contributed by atoms with Gasteiger partial charge in [-0.25, -0.2) is 4.39 Å². The van der Waals surface area contributed by atoms with E-state index in [1.807, 2.05) is 0 Å². The summed E-state index contributed by atoms with van der Waals surface area (Å²) in [5, 5.41) is 2.82. The maximum absolute atomic E-state index is 12.8. The zero-order chi connectivity index (χ0) is 15.9. The molecular weight excluding hydrogens is 285 g/mol. The van der Waals surface area contributed by atoms with Crippen LogP contribution < -0.4 is 14.8 Å². The van der Waals surface area contributed by atoms with E-state index in [-0.39, 0.29) is 11.7 Å². The largest absolute Gasteiger partial charge is 0.493 e. The lowest BCUT2D eigenvalue weighted by molar-refractivity contribution is 0.0953. The number of methoxy groups -OCH3 is 2. The van der Waals surface area contributed by atoms with Gasteiger partial charge in [0.1, 0.15) is 5.82 Å². The van der Waals surface area contributed by atoms with Crippen LogP contribution in [0.1, 0.15) is 15.9 Å². The molecule has 2 aromatic carbocycles. The zero-order valence-corrected chi connectivity index (χ0v) is 12.6. The third-order valence-electron chi connectivity index (χ3n) is 3.26. The van der Waals surface area contributed by atoms with Gasteiger partial charge >= 0.3 is 0 Å². The van der Waals surface area contributed by atoms with E-state index in [9.17, 15) is 9.18 Å². The van der Waals surface area contributed by atoms with Crippen molar-refractivity contribution in [2.45, 2.75) is 6.42 Å². The first-order valence-electron chi connectivity index (χ1n) is 6.88. The standard InChI is InChI=1S/C17H18FNO3/c1-21-15-8-5-13(11-16(15)22-2)17(20)19-10-9-12-3-6-14(18)7-4-12/h3-8,11H,9-10H2,1-2H3,(H,19,20). The average Bonchev–Trinajstić information content (AvgIpc) is 2.55. The molecule has 0 saturated heterocycles. The Hall–Kier alpha value is -2.56. The van der Waals surface area contributed by atoms with E-state index in [2.05, 4.69) is 5.32 Å². The van der Waals surface area contributed by atoms with Crippen LogP contribution in [0.2, 0.25) is 0 Å². The number of rotatable bonds is 6. The summed E-state index contributed by atoms with van der Waals surface area (Å²) in [6.45, 7) is 0.471. The molecule has 0 unspecified atom stereocenters. The van der Waals surface area contributed by atoms with Gasteiger partial charge in [0.15, 0.2) is 11.5 Å². The molecule has 0 spiro atoms. The Morgan fingerprint density at radius 1 is 1.05 bits per heavy atom. The second-order valence-corrected chi connectivity index (χ2v) is 4.70. The molecule has 5 heteroatoms. The van der Waals surface area contributed by atoms with E-state index in [1.54, 1.807) is 37.4 Å². The molecule has 0 fully saturated rings. The lowest BCUT2D eigenvalue weighted by Crippen LogP contribution is -2.25. The minimum atomic E-state index is -0.266. The Bertz CT molecular complexity index is 641. The van der Waals surface area contributed by atoms with Gasteiger partial charge in [-0.3, -0.25) is 4.79 Å². The topological polar surface area (TPSA) is 47.6 Å². The lowest BCUT2D eigenvalue weighted by atomic mass is 10.1. The van der Waals surface area contributed by atoms with Gasteiger partial charge in [0, 0.05) is 12.1 Å². The molecule has 116 valence electrons. The van der Waals surface area contributed by atoms with Gasteiger partial charge in [0.25, 0.3) is 5.91 Å². The summed E-state index contributed by atoms with van der Waals surface area (Å²) in [6.07, 6.45) is 0.638. The molecule has 0 atom stereocenters. The number of hydrogen-bond donors (Lipinski definition) is 1. The molecule has 1 N–H and O–H groups in total. The number of ether oxygens (including phenoxy) is 2. The molecule has 0 heterocycles. The van der Waals surface area contributed by atoms with Crippen LogP contribution in [0.5, 0.6) is 11.5 Å². The normalized spacial score (nSPS) is 10.1. The first-order chi connectivity index (χ1) is 10.6. The van der Waals surface area contributed by atoms with Crippen LogP contribution in [0, 0.1) is 5.82 Å². The van der Waals surface area contributed by atoms with Gasteiger partial charge in [-0.2, -0.15) is 0 Å². The van der Waals surface area contributed by atoms with E-state index in [0.29, 0.717) is 30.0 Å².